The second-order valence-electron chi connectivity index (χ2n) is 6.99. The van der Waals surface area contributed by atoms with Crippen molar-refractivity contribution < 1.29 is 17.6 Å². The maximum atomic E-state index is 12.7. The van der Waals surface area contributed by atoms with Crippen LogP contribution in [0.2, 0.25) is 0 Å². The lowest BCUT2D eigenvalue weighted by Gasteiger charge is -2.13. The molecule has 0 bridgehead atoms. The summed E-state index contributed by atoms with van der Waals surface area (Å²) in [5, 5.41) is 3.74. The highest BCUT2D eigenvalue weighted by Crippen LogP contribution is 2.29. The molecule has 0 aliphatic carbocycles. The van der Waals surface area contributed by atoms with Crippen molar-refractivity contribution in [2.45, 2.75) is 13.8 Å². The van der Waals surface area contributed by atoms with E-state index in [-0.39, 0.29) is 18.2 Å². The van der Waals surface area contributed by atoms with Crippen molar-refractivity contribution in [3.05, 3.63) is 76.9 Å². The largest absolute Gasteiger partial charge is 0.424 e. The number of nitrogens with zero attached hydrogens (tertiary/aromatic N) is 2. The van der Waals surface area contributed by atoms with Crippen LogP contribution >= 0.6 is 0 Å². The molecule has 4 rings (SSSR count). The molecule has 0 saturated carbocycles. The number of ether oxygens (including phenoxy) is 1. The van der Waals surface area contributed by atoms with Crippen molar-refractivity contribution in [2.75, 3.05) is 16.6 Å². The Morgan fingerprint density at radius 1 is 1.03 bits per heavy atom. The van der Waals surface area contributed by atoms with Crippen molar-refractivity contribution in [2.24, 2.45) is 0 Å². The van der Waals surface area contributed by atoms with Gasteiger partial charge in [0.15, 0.2) is 0 Å². The van der Waals surface area contributed by atoms with Crippen molar-refractivity contribution in [3.63, 3.8) is 0 Å². The highest BCUT2D eigenvalue weighted by Gasteiger charge is 2.14. The zero-order valence-corrected chi connectivity index (χ0v) is 18.6. The van der Waals surface area contributed by atoms with E-state index in [1.807, 2.05) is 0 Å². The van der Waals surface area contributed by atoms with Crippen molar-refractivity contribution in [1.29, 1.82) is 0 Å². The minimum Gasteiger partial charge on any atom is -0.424 e. The molecule has 0 saturated heterocycles. The van der Waals surface area contributed by atoms with Gasteiger partial charge in [0, 0.05) is 36.1 Å². The van der Waals surface area contributed by atoms with Crippen LogP contribution in [0.4, 0.5) is 17.1 Å². The van der Waals surface area contributed by atoms with E-state index < -0.39 is 15.8 Å². The third kappa shape index (κ3) is 5.27. The lowest BCUT2D eigenvalue weighted by atomic mass is 10.1. The molecule has 170 valence electrons. The first-order chi connectivity index (χ1) is 15.8. The Bertz CT molecular complexity index is 1460. The van der Waals surface area contributed by atoms with Crippen LogP contribution in [0.1, 0.15) is 12.5 Å². The van der Waals surface area contributed by atoms with Crippen LogP contribution in [0, 0.1) is 6.92 Å². The van der Waals surface area contributed by atoms with Crippen LogP contribution < -0.4 is 25.1 Å². The van der Waals surface area contributed by atoms with E-state index in [0.29, 0.717) is 33.7 Å². The molecular weight excluding hydrogens is 446 g/mol. The molecular formula is C22H21N5O5S. The topological polar surface area (TPSA) is 135 Å². The number of anilines is 3. The minimum absolute atomic E-state index is 0.179. The van der Waals surface area contributed by atoms with Crippen molar-refractivity contribution in [1.82, 2.24) is 14.7 Å². The molecule has 0 aliphatic rings. The fourth-order valence-corrected chi connectivity index (χ4v) is 4.06. The fourth-order valence-electron chi connectivity index (χ4n) is 3.17. The number of aryl methyl sites for hydroxylation is 1. The maximum Gasteiger partial charge on any atom is 0.360 e. The average Bonchev–Trinajstić information content (AvgIpc) is 2.77. The molecule has 33 heavy (non-hydrogen) atoms. The van der Waals surface area contributed by atoms with Gasteiger partial charge >= 0.3 is 11.6 Å². The quantitative estimate of drug-likeness (QED) is 0.334. The monoisotopic (exact) mass is 467 g/mol. The molecule has 0 aliphatic heterocycles. The molecule has 2 aromatic carbocycles. The number of rotatable bonds is 8. The highest BCUT2D eigenvalue weighted by molar-refractivity contribution is 7.90. The Morgan fingerprint density at radius 2 is 1.79 bits per heavy atom. The van der Waals surface area contributed by atoms with E-state index in [4.69, 9.17) is 9.15 Å². The van der Waals surface area contributed by atoms with E-state index in [2.05, 4.69) is 24.7 Å². The zero-order chi connectivity index (χ0) is 23.4. The molecule has 2 heterocycles. The second kappa shape index (κ2) is 9.27. The summed E-state index contributed by atoms with van der Waals surface area (Å²) < 4.78 is 39.8. The van der Waals surface area contributed by atoms with Crippen LogP contribution in [-0.2, 0) is 10.2 Å². The third-order valence-electron chi connectivity index (χ3n) is 4.61. The summed E-state index contributed by atoms with van der Waals surface area (Å²) in [6.07, 6.45) is 3.12. The van der Waals surface area contributed by atoms with Gasteiger partial charge in [-0.2, -0.15) is 13.1 Å². The molecule has 0 unspecified atom stereocenters. The van der Waals surface area contributed by atoms with Gasteiger partial charge in [-0.05, 0) is 48.9 Å². The number of aromatic nitrogens is 2. The number of fused-ring (bicyclic) bond motifs is 1. The maximum absolute atomic E-state index is 12.7. The van der Waals surface area contributed by atoms with E-state index in [0.717, 1.165) is 0 Å². The van der Waals surface area contributed by atoms with E-state index >= 15 is 0 Å². The Kier molecular flexibility index (Phi) is 6.24. The Balaban J connectivity index is 1.62. The first-order valence-corrected chi connectivity index (χ1v) is 11.5. The fraction of sp³-hybridized carbons (Fsp3) is 0.136. The van der Waals surface area contributed by atoms with Crippen LogP contribution in [-0.4, -0.2) is 24.9 Å². The van der Waals surface area contributed by atoms with E-state index in [1.165, 1.54) is 0 Å². The van der Waals surface area contributed by atoms with Gasteiger partial charge < -0.3 is 14.5 Å². The van der Waals surface area contributed by atoms with Gasteiger partial charge in [0.1, 0.15) is 17.0 Å². The summed E-state index contributed by atoms with van der Waals surface area (Å²) in [5.74, 6) is 0.428. The first-order valence-electron chi connectivity index (χ1n) is 10.0. The molecule has 10 nitrogen and oxygen atoms in total. The number of nitrogens with one attached hydrogen (secondary N) is 3. The molecule has 2 aromatic heterocycles. The van der Waals surface area contributed by atoms with Crippen molar-refractivity contribution in [3.8, 4) is 11.8 Å². The van der Waals surface area contributed by atoms with Crippen LogP contribution in [0.5, 0.6) is 11.8 Å². The molecule has 3 N–H and O–H groups in total. The molecule has 0 fully saturated rings. The SMILES string of the molecule is CCNS(=O)(=O)Nc1cccc(Nc2c(C)c3ccc(Oc4ncccn4)cc3oc2=O)c1. The van der Waals surface area contributed by atoms with Gasteiger partial charge in [-0.15, -0.1) is 0 Å². The summed E-state index contributed by atoms with van der Waals surface area (Å²) in [6, 6.07) is 13.5. The normalized spacial score (nSPS) is 11.3. The van der Waals surface area contributed by atoms with Crippen LogP contribution in [0.3, 0.4) is 0 Å². The van der Waals surface area contributed by atoms with Gasteiger partial charge in [-0.25, -0.2) is 14.8 Å². The third-order valence-corrected chi connectivity index (χ3v) is 5.78. The molecule has 0 spiro atoms. The van der Waals surface area contributed by atoms with E-state index in [9.17, 15) is 13.2 Å². The van der Waals surface area contributed by atoms with Gasteiger partial charge in [0.25, 0.3) is 10.2 Å². The second-order valence-corrected chi connectivity index (χ2v) is 8.49. The smallest absolute Gasteiger partial charge is 0.360 e. The predicted octanol–water partition coefficient (Wildman–Crippen LogP) is 3.69. The summed E-state index contributed by atoms with van der Waals surface area (Å²) >= 11 is 0. The molecule has 0 amide bonds. The van der Waals surface area contributed by atoms with Crippen LogP contribution in [0.15, 0.2) is 70.1 Å². The molecule has 0 radical (unpaired) electrons. The Labute approximate surface area is 189 Å². The van der Waals surface area contributed by atoms with Crippen molar-refractivity contribution >= 4 is 38.2 Å². The first kappa shape index (κ1) is 22.2. The van der Waals surface area contributed by atoms with E-state index in [1.54, 1.807) is 74.8 Å². The molecule has 0 atom stereocenters. The minimum atomic E-state index is -3.68. The Morgan fingerprint density at radius 3 is 2.55 bits per heavy atom. The van der Waals surface area contributed by atoms with Crippen LogP contribution in [0.25, 0.3) is 11.0 Å². The number of hydrogen-bond acceptors (Lipinski definition) is 8. The number of benzene rings is 2. The molecule has 4 aromatic rings. The average molecular weight is 468 g/mol. The highest BCUT2D eigenvalue weighted by atomic mass is 32.2. The summed E-state index contributed by atoms with van der Waals surface area (Å²) in [6.45, 7) is 3.74. The van der Waals surface area contributed by atoms with Gasteiger partial charge in [0.2, 0.25) is 0 Å². The predicted molar refractivity (Wildman–Crippen MR) is 125 cm³/mol. The lowest BCUT2D eigenvalue weighted by Crippen LogP contribution is -2.29. The van der Waals surface area contributed by atoms with Gasteiger partial charge in [-0.1, -0.05) is 13.0 Å². The Hall–Kier alpha value is -3.96. The zero-order valence-electron chi connectivity index (χ0n) is 17.8. The summed E-state index contributed by atoms with van der Waals surface area (Å²) in [5.41, 5.74) is 1.54. The lowest BCUT2D eigenvalue weighted by molar-refractivity contribution is 0.440. The molecule has 11 heteroatoms. The standard InChI is InChI=1S/C22H21N5O5S/c1-3-25-33(29,30)27-16-7-4-6-15(12-16)26-20-14(2)18-9-8-17(13-19(18)32-21(20)28)31-22-23-10-5-11-24-22/h4-13,25-27H,3H2,1-2H3. The van der Waals surface area contributed by atoms with Gasteiger partial charge in [0.05, 0.1) is 5.69 Å². The summed E-state index contributed by atoms with van der Waals surface area (Å²) in [7, 11) is -3.68. The van der Waals surface area contributed by atoms with Gasteiger partial charge in [-0.3, -0.25) is 4.72 Å². The number of hydrogen-bond donors (Lipinski definition) is 3. The summed E-state index contributed by atoms with van der Waals surface area (Å²) in [4.78, 5) is 20.7.